The first-order valence-electron chi connectivity index (χ1n) is 7.83. The minimum Gasteiger partial charge on any atom is -0.457 e. The Hall–Kier alpha value is -3.07. The van der Waals surface area contributed by atoms with Crippen LogP contribution in [0.5, 0.6) is 11.5 Å². The Bertz CT molecular complexity index is 836. The van der Waals surface area contributed by atoms with Crippen molar-refractivity contribution in [2.45, 2.75) is 13.8 Å². The van der Waals surface area contributed by atoms with E-state index in [0.29, 0.717) is 5.56 Å². The number of nitrogens with one attached hydrogen (secondary N) is 1. The molecule has 0 unspecified atom stereocenters. The maximum absolute atomic E-state index is 12.2. The van der Waals surface area contributed by atoms with Gasteiger partial charge in [-0.25, -0.2) is 0 Å². The molecule has 0 bridgehead atoms. The van der Waals surface area contributed by atoms with Crippen molar-refractivity contribution in [2.24, 2.45) is 0 Å². The monoisotopic (exact) mass is 317 g/mol. The molecule has 1 amide bonds. The molecule has 3 rings (SSSR count). The van der Waals surface area contributed by atoms with Crippen LogP contribution in [0.2, 0.25) is 0 Å². The number of ether oxygens (including phenoxy) is 1. The van der Waals surface area contributed by atoms with Gasteiger partial charge in [0, 0.05) is 11.3 Å². The highest BCUT2D eigenvalue weighted by atomic mass is 16.5. The summed E-state index contributed by atoms with van der Waals surface area (Å²) in [6.45, 7) is 4.02. The molecule has 0 saturated carbocycles. The van der Waals surface area contributed by atoms with E-state index >= 15 is 0 Å². The number of carbonyl (C=O) groups is 1. The lowest BCUT2D eigenvalue weighted by molar-refractivity contribution is 0.102. The van der Waals surface area contributed by atoms with Gasteiger partial charge in [0.05, 0.1) is 0 Å². The number of hydrogen-bond donors (Lipinski definition) is 1. The largest absolute Gasteiger partial charge is 0.457 e. The molecule has 3 aromatic rings. The van der Waals surface area contributed by atoms with Gasteiger partial charge in [0.1, 0.15) is 11.5 Å². The lowest BCUT2D eigenvalue weighted by Crippen LogP contribution is -2.11. The highest BCUT2D eigenvalue weighted by Crippen LogP contribution is 2.23. The standard InChI is InChI=1S/C21H19NO2/c1-15-6-8-17(9-7-15)21(23)22-18-10-12-19(13-11-18)24-20-5-3-4-16(2)14-20/h3-14H,1-2H3,(H,22,23). The SMILES string of the molecule is Cc1ccc(C(=O)Nc2ccc(Oc3cccc(C)c3)cc2)cc1. The Morgan fingerprint density at radius 1 is 0.792 bits per heavy atom. The molecule has 0 aromatic heterocycles. The van der Waals surface area contributed by atoms with Crippen LogP contribution in [0.3, 0.4) is 0 Å². The van der Waals surface area contributed by atoms with Gasteiger partial charge in [-0.3, -0.25) is 4.79 Å². The summed E-state index contributed by atoms with van der Waals surface area (Å²) < 4.78 is 5.80. The Balaban J connectivity index is 1.66. The summed E-state index contributed by atoms with van der Waals surface area (Å²) in [6.07, 6.45) is 0. The molecule has 3 heteroatoms. The summed E-state index contributed by atoms with van der Waals surface area (Å²) in [4.78, 5) is 12.2. The van der Waals surface area contributed by atoms with E-state index < -0.39 is 0 Å². The van der Waals surface area contributed by atoms with Crippen LogP contribution in [0.4, 0.5) is 5.69 Å². The van der Waals surface area contributed by atoms with Crippen LogP contribution in [0.25, 0.3) is 0 Å². The lowest BCUT2D eigenvalue weighted by Gasteiger charge is -2.09. The summed E-state index contributed by atoms with van der Waals surface area (Å²) in [5, 5.41) is 2.88. The second-order valence-electron chi connectivity index (χ2n) is 5.76. The van der Waals surface area contributed by atoms with E-state index in [1.54, 1.807) is 0 Å². The van der Waals surface area contributed by atoms with Crippen LogP contribution in [0, 0.1) is 13.8 Å². The fourth-order valence-corrected chi connectivity index (χ4v) is 2.33. The molecule has 120 valence electrons. The summed E-state index contributed by atoms with van der Waals surface area (Å²) in [7, 11) is 0. The molecule has 0 atom stereocenters. The topological polar surface area (TPSA) is 38.3 Å². The Kier molecular flexibility index (Phi) is 4.62. The van der Waals surface area contributed by atoms with Crippen molar-refractivity contribution in [3.05, 3.63) is 89.5 Å². The van der Waals surface area contributed by atoms with Crippen LogP contribution < -0.4 is 10.1 Å². The van der Waals surface area contributed by atoms with Crippen LogP contribution in [-0.2, 0) is 0 Å². The highest BCUT2D eigenvalue weighted by molar-refractivity contribution is 6.04. The van der Waals surface area contributed by atoms with Crippen LogP contribution in [0.1, 0.15) is 21.5 Å². The number of amides is 1. The van der Waals surface area contributed by atoms with Gasteiger partial charge in [-0.15, -0.1) is 0 Å². The van der Waals surface area contributed by atoms with Crippen LogP contribution in [0.15, 0.2) is 72.8 Å². The number of anilines is 1. The highest BCUT2D eigenvalue weighted by Gasteiger charge is 2.06. The van der Waals surface area contributed by atoms with Crippen LogP contribution in [-0.4, -0.2) is 5.91 Å². The number of hydrogen-bond acceptors (Lipinski definition) is 2. The van der Waals surface area contributed by atoms with Crippen molar-refractivity contribution in [1.82, 2.24) is 0 Å². The molecule has 0 radical (unpaired) electrons. The van der Waals surface area contributed by atoms with E-state index in [2.05, 4.69) is 5.32 Å². The summed E-state index contributed by atoms with van der Waals surface area (Å²) in [5.41, 5.74) is 3.65. The van der Waals surface area contributed by atoms with Gasteiger partial charge < -0.3 is 10.1 Å². The first kappa shape index (κ1) is 15.8. The maximum atomic E-state index is 12.2. The van der Waals surface area contributed by atoms with Gasteiger partial charge >= 0.3 is 0 Å². The molecule has 24 heavy (non-hydrogen) atoms. The van der Waals surface area contributed by atoms with Gasteiger partial charge in [0.2, 0.25) is 0 Å². The Morgan fingerprint density at radius 3 is 2.17 bits per heavy atom. The smallest absolute Gasteiger partial charge is 0.255 e. The molecule has 0 spiro atoms. The third-order valence-electron chi connectivity index (χ3n) is 3.65. The zero-order valence-corrected chi connectivity index (χ0v) is 13.7. The van der Waals surface area contributed by atoms with Crippen molar-refractivity contribution in [1.29, 1.82) is 0 Å². The molecular formula is C21H19NO2. The third kappa shape index (κ3) is 4.02. The average Bonchev–Trinajstić information content (AvgIpc) is 2.57. The van der Waals surface area contributed by atoms with Gasteiger partial charge in [-0.2, -0.15) is 0 Å². The number of benzene rings is 3. The van der Waals surface area contributed by atoms with Crippen molar-refractivity contribution in [3.8, 4) is 11.5 Å². The van der Waals surface area contributed by atoms with Gasteiger partial charge in [0.25, 0.3) is 5.91 Å². The van der Waals surface area contributed by atoms with Crippen molar-refractivity contribution in [3.63, 3.8) is 0 Å². The molecule has 0 aliphatic rings. The maximum Gasteiger partial charge on any atom is 0.255 e. The molecular weight excluding hydrogens is 298 g/mol. The van der Waals surface area contributed by atoms with E-state index in [0.717, 1.165) is 28.3 Å². The summed E-state index contributed by atoms with van der Waals surface area (Å²) >= 11 is 0. The normalized spacial score (nSPS) is 10.2. The number of aryl methyl sites for hydroxylation is 2. The first-order chi connectivity index (χ1) is 11.6. The van der Waals surface area contributed by atoms with Gasteiger partial charge in [-0.05, 0) is 67.9 Å². The lowest BCUT2D eigenvalue weighted by atomic mass is 10.1. The molecule has 1 N–H and O–H groups in total. The average molecular weight is 317 g/mol. The molecule has 3 aromatic carbocycles. The van der Waals surface area contributed by atoms with E-state index in [9.17, 15) is 4.79 Å². The zero-order chi connectivity index (χ0) is 16.9. The first-order valence-corrected chi connectivity index (χ1v) is 7.83. The quantitative estimate of drug-likeness (QED) is 0.704. The fourth-order valence-electron chi connectivity index (χ4n) is 2.33. The second-order valence-corrected chi connectivity index (χ2v) is 5.76. The number of rotatable bonds is 4. The Morgan fingerprint density at radius 2 is 1.50 bits per heavy atom. The van der Waals surface area contributed by atoms with E-state index in [4.69, 9.17) is 4.74 Å². The second kappa shape index (κ2) is 7.01. The van der Waals surface area contributed by atoms with E-state index in [-0.39, 0.29) is 5.91 Å². The predicted octanol–water partition coefficient (Wildman–Crippen LogP) is 5.35. The van der Waals surface area contributed by atoms with E-state index in [1.807, 2.05) is 86.6 Å². The van der Waals surface area contributed by atoms with Gasteiger partial charge in [0.15, 0.2) is 0 Å². The molecule has 0 saturated heterocycles. The molecule has 0 heterocycles. The fraction of sp³-hybridized carbons (Fsp3) is 0.0952. The predicted molar refractivity (Wildman–Crippen MR) is 96.8 cm³/mol. The zero-order valence-electron chi connectivity index (χ0n) is 13.7. The van der Waals surface area contributed by atoms with Crippen molar-refractivity contribution in [2.75, 3.05) is 5.32 Å². The number of carbonyl (C=O) groups excluding carboxylic acids is 1. The van der Waals surface area contributed by atoms with E-state index in [1.165, 1.54) is 0 Å². The minimum absolute atomic E-state index is 0.123. The Labute approximate surface area is 141 Å². The summed E-state index contributed by atoms with van der Waals surface area (Å²) in [6, 6.07) is 22.7. The summed E-state index contributed by atoms with van der Waals surface area (Å²) in [5.74, 6) is 1.41. The minimum atomic E-state index is -0.123. The van der Waals surface area contributed by atoms with Crippen molar-refractivity contribution < 1.29 is 9.53 Å². The molecule has 0 fully saturated rings. The molecule has 3 nitrogen and oxygen atoms in total. The van der Waals surface area contributed by atoms with Crippen LogP contribution >= 0.6 is 0 Å². The van der Waals surface area contributed by atoms with Gasteiger partial charge in [-0.1, -0.05) is 29.8 Å². The third-order valence-corrected chi connectivity index (χ3v) is 3.65. The molecule has 0 aliphatic carbocycles. The molecule has 0 aliphatic heterocycles. The van der Waals surface area contributed by atoms with Crippen molar-refractivity contribution >= 4 is 11.6 Å².